The van der Waals surface area contributed by atoms with Gasteiger partial charge in [-0.3, -0.25) is 9.59 Å². The minimum Gasteiger partial charge on any atom is -0.480 e. The summed E-state index contributed by atoms with van der Waals surface area (Å²) in [6, 6.07) is 6.03. The average Bonchev–Trinajstić information content (AvgIpc) is 3.28. The number of sulfonamides is 1. The van der Waals surface area contributed by atoms with Crippen LogP contribution in [0, 0.1) is 0 Å². The van der Waals surface area contributed by atoms with Crippen LogP contribution in [-0.2, 0) is 34.9 Å². The van der Waals surface area contributed by atoms with Crippen molar-refractivity contribution in [2.24, 2.45) is 0 Å². The molecule has 10 nitrogen and oxygen atoms in total. The van der Waals surface area contributed by atoms with Gasteiger partial charge in [-0.05, 0) is 31.2 Å². The maximum atomic E-state index is 13.3. The number of ether oxygens (including phenoxy) is 1. The van der Waals surface area contributed by atoms with Crippen LogP contribution >= 0.6 is 0 Å². The molecule has 2 N–H and O–H groups in total. The van der Waals surface area contributed by atoms with E-state index in [0.29, 0.717) is 44.5 Å². The van der Waals surface area contributed by atoms with Gasteiger partial charge >= 0.3 is 5.97 Å². The normalized spacial score (nSPS) is 20.4. The fourth-order valence-electron chi connectivity index (χ4n) is 4.31. The minimum absolute atomic E-state index is 0.0542. The fourth-order valence-corrected chi connectivity index (χ4v) is 5.65. The zero-order valence-electron chi connectivity index (χ0n) is 18.7. The van der Waals surface area contributed by atoms with E-state index in [1.807, 2.05) is 0 Å². The fraction of sp³-hybridized carbons (Fsp3) is 0.591. The van der Waals surface area contributed by atoms with Crippen LogP contribution in [0.2, 0.25) is 0 Å². The van der Waals surface area contributed by atoms with Crippen molar-refractivity contribution in [1.82, 2.24) is 14.5 Å². The number of benzene rings is 1. The van der Waals surface area contributed by atoms with Crippen molar-refractivity contribution >= 4 is 27.8 Å². The number of rotatable bonds is 9. The zero-order valence-corrected chi connectivity index (χ0v) is 19.5. The summed E-state index contributed by atoms with van der Waals surface area (Å²) in [6.45, 7) is 1.27. The van der Waals surface area contributed by atoms with Gasteiger partial charge in [-0.1, -0.05) is 30.3 Å². The Labute approximate surface area is 193 Å². The van der Waals surface area contributed by atoms with E-state index in [-0.39, 0.29) is 30.7 Å². The van der Waals surface area contributed by atoms with E-state index in [2.05, 4.69) is 4.72 Å². The smallest absolute Gasteiger partial charge is 0.326 e. The molecular formula is C22H31N3O7S. The number of hydrogen-bond acceptors (Lipinski definition) is 6. The second-order valence-corrected chi connectivity index (χ2v) is 10.2. The number of carbonyl (C=O) groups is 3. The molecular weight excluding hydrogens is 450 g/mol. The number of hydrogen-bond donors (Lipinski definition) is 2. The quantitative estimate of drug-likeness (QED) is 0.527. The van der Waals surface area contributed by atoms with Gasteiger partial charge < -0.3 is 19.6 Å². The molecule has 2 unspecified atom stereocenters. The molecule has 0 aliphatic carbocycles. The molecule has 3 rings (SSSR count). The van der Waals surface area contributed by atoms with Crippen LogP contribution in [0.5, 0.6) is 0 Å². The number of amides is 2. The van der Waals surface area contributed by atoms with Crippen LogP contribution in [0.15, 0.2) is 30.3 Å². The Balaban J connectivity index is 1.78. The Morgan fingerprint density at radius 3 is 2.48 bits per heavy atom. The summed E-state index contributed by atoms with van der Waals surface area (Å²) in [5, 5.41) is 9.46. The lowest BCUT2D eigenvalue weighted by molar-refractivity contribution is -0.149. The molecule has 0 bridgehead atoms. The molecule has 0 spiro atoms. The predicted octanol–water partition coefficient (Wildman–Crippen LogP) is 0.578. The third-order valence-electron chi connectivity index (χ3n) is 6.15. The zero-order chi connectivity index (χ0) is 24.0. The summed E-state index contributed by atoms with van der Waals surface area (Å²) in [5.41, 5.74) is 0.534. The topological polar surface area (TPSA) is 133 Å². The molecule has 0 aromatic heterocycles. The van der Waals surface area contributed by atoms with Gasteiger partial charge in [-0.15, -0.1) is 0 Å². The molecule has 1 aromatic rings. The van der Waals surface area contributed by atoms with E-state index in [9.17, 15) is 27.9 Å². The van der Waals surface area contributed by atoms with Crippen LogP contribution in [0.4, 0.5) is 0 Å². The number of aliphatic carboxylic acids is 1. The highest BCUT2D eigenvalue weighted by molar-refractivity contribution is 7.88. The number of carbonyl (C=O) groups excluding carboxylic acids is 2. The van der Waals surface area contributed by atoms with E-state index in [1.54, 1.807) is 37.4 Å². The third-order valence-corrected chi connectivity index (χ3v) is 7.51. The van der Waals surface area contributed by atoms with E-state index < -0.39 is 34.0 Å². The largest absolute Gasteiger partial charge is 0.480 e. The molecule has 0 radical (unpaired) electrons. The highest BCUT2D eigenvalue weighted by atomic mass is 32.2. The van der Waals surface area contributed by atoms with Crippen molar-refractivity contribution in [3.63, 3.8) is 0 Å². The second-order valence-electron chi connectivity index (χ2n) is 8.50. The molecule has 11 heteroatoms. The number of likely N-dealkylation sites (tertiary alicyclic amines) is 1. The molecule has 2 fully saturated rings. The van der Waals surface area contributed by atoms with Crippen molar-refractivity contribution in [3.8, 4) is 0 Å². The molecule has 2 aliphatic heterocycles. The van der Waals surface area contributed by atoms with Crippen molar-refractivity contribution in [2.75, 3.05) is 26.8 Å². The van der Waals surface area contributed by atoms with Crippen LogP contribution in [-0.4, -0.2) is 86.0 Å². The first kappa shape index (κ1) is 25.1. The molecule has 2 heterocycles. The van der Waals surface area contributed by atoms with Gasteiger partial charge in [0.05, 0.1) is 12.2 Å². The maximum Gasteiger partial charge on any atom is 0.326 e. The number of carboxylic acids is 1. The number of carboxylic acid groups (broad SMARTS) is 1. The van der Waals surface area contributed by atoms with Crippen LogP contribution in [0.1, 0.15) is 37.7 Å². The first-order valence-electron chi connectivity index (χ1n) is 11.1. The molecule has 1 aromatic carbocycles. The summed E-state index contributed by atoms with van der Waals surface area (Å²) in [5.74, 6) is -2.57. The van der Waals surface area contributed by atoms with Gasteiger partial charge in [-0.25, -0.2) is 17.9 Å². The summed E-state index contributed by atoms with van der Waals surface area (Å²) >= 11 is 0. The lowest BCUT2D eigenvalue weighted by atomic mass is 10.1. The third kappa shape index (κ3) is 6.75. The lowest BCUT2D eigenvalue weighted by Crippen LogP contribution is -2.54. The van der Waals surface area contributed by atoms with E-state index in [1.165, 1.54) is 9.80 Å². The Morgan fingerprint density at radius 2 is 1.85 bits per heavy atom. The lowest BCUT2D eigenvalue weighted by Gasteiger charge is -2.33. The molecule has 2 saturated heterocycles. The Kier molecular flexibility index (Phi) is 8.44. The van der Waals surface area contributed by atoms with E-state index in [0.717, 1.165) is 0 Å². The average molecular weight is 482 g/mol. The van der Waals surface area contributed by atoms with E-state index in [4.69, 9.17) is 4.74 Å². The van der Waals surface area contributed by atoms with Crippen LogP contribution < -0.4 is 4.72 Å². The maximum absolute atomic E-state index is 13.3. The first-order chi connectivity index (χ1) is 15.7. The van der Waals surface area contributed by atoms with Crippen molar-refractivity contribution in [1.29, 1.82) is 0 Å². The number of nitrogens with zero attached hydrogens (tertiary/aromatic N) is 2. The van der Waals surface area contributed by atoms with Gasteiger partial charge in [0, 0.05) is 32.8 Å². The molecule has 0 saturated carbocycles. The van der Waals surface area contributed by atoms with Gasteiger partial charge in [0.25, 0.3) is 0 Å². The standard InChI is InChI=1S/C22H31N3O7S/c1-24(17-9-12-32-13-10-17)20(26)14-18(21(27)25-11-5-8-19(25)22(28)29)23-33(30,31)15-16-6-3-2-4-7-16/h2-4,6-7,17-19,23H,5,8-15H2,1H3,(H,28,29). The Morgan fingerprint density at radius 1 is 1.18 bits per heavy atom. The van der Waals surface area contributed by atoms with E-state index >= 15 is 0 Å². The molecule has 33 heavy (non-hydrogen) atoms. The number of nitrogens with one attached hydrogen (secondary N) is 1. The van der Waals surface area contributed by atoms with Gasteiger partial charge in [0.1, 0.15) is 12.1 Å². The van der Waals surface area contributed by atoms with Crippen LogP contribution in [0.3, 0.4) is 0 Å². The monoisotopic (exact) mass is 481 g/mol. The van der Waals surface area contributed by atoms with Crippen molar-refractivity contribution in [3.05, 3.63) is 35.9 Å². The highest BCUT2D eigenvalue weighted by Crippen LogP contribution is 2.21. The predicted molar refractivity (Wildman–Crippen MR) is 120 cm³/mol. The second kappa shape index (κ2) is 11.1. The molecule has 2 atom stereocenters. The van der Waals surface area contributed by atoms with Gasteiger partial charge in [0.15, 0.2) is 0 Å². The summed E-state index contributed by atoms with van der Waals surface area (Å²) in [6.07, 6.45) is 1.73. The Hall–Kier alpha value is -2.50. The van der Waals surface area contributed by atoms with Crippen molar-refractivity contribution in [2.45, 2.75) is 56.0 Å². The minimum atomic E-state index is -3.98. The first-order valence-corrected chi connectivity index (χ1v) is 12.7. The molecule has 2 aliphatic rings. The Bertz CT molecular complexity index is 948. The molecule has 2 amide bonds. The summed E-state index contributed by atoms with van der Waals surface area (Å²) < 4.78 is 33.4. The summed E-state index contributed by atoms with van der Waals surface area (Å²) in [4.78, 5) is 40.5. The van der Waals surface area contributed by atoms with Crippen molar-refractivity contribution < 1.29 is 32.6 Å². The van der Waals surface area contributed by atoms with Gasteiger partial charge in [0.2, 0.25) is 21.8 Å². The van der Waals surface area contributed by atoms with Gasteiger partial charge in [-0.2, -0.15) is 0 Å². The highest BCUT2D eigenvalue weighted by Gasteiger charge is 2.39. The van der Waals surface area contributed by atoms with Crippen LogP contribution in [0.25, 0.3) is 0 Å². The summed E-state index contributed by atoms with van der Waals surface area (Å²) in [7, 11) is -2.34. The molecule has 182 valence electrons. The SMILES string of the molecule is CN(C(=O)CC(NS(=O)(=O)Cc1ccccc1)C(=O)N1CCCC1C(=O)O)C1CCOCC1.